The second-order valence-electron chi connectivity index (χ2n) is 4.30. The molecule has 2 aromatic rings. The molecule has 0 aliphatic heterocycles. The highest BCUT2D eigenvalue weighted by atomic mass is 32.1. The fourth-order valence-corrected chi connectivity index (χ4v) is 2.71. The third-order valence-corrected chi connectivity index (χ3v) is 3.54. The van der Waals surface area contributed by atoms with Gasteiger partial charge in [0.25, 0.3) is 0 Å². The van der Waals surface area contributed by atoms with E-state index in [1.807, 2.05) is 13.8 Å². The van der Waals surface area contributed by atoms with Gasteiger partial charge >= 0.3 is 0 Å². The van der Waals surface area contributed by atoms with Crippen molar-refractivity contribution < 1.29 is 4.39 Å². The molecule has 0 saturated heterocycles. The zero-order chi connectivity index (χ0) is 13.1. The Kier molecular flexibility index (Phi) is 4.00. The average Bonchev–Trinajstić information content (AvgIpc) is 2.82. The van der Waals surface area contributed by atoms with Crippen LogP contribution in [0, 0.1) is 5.82 Å². The van der Waals surface area contributed by atoms with E-state index in [2.05, 4.69) is 15.0 Å². The van der Waals surface area contributed by atoms with E-state index in [1.165, 1.54) is 17.6 Å². The van der Waals surface area contributed by atoms with Gasteiger partial charge in [0.15, 0.2) is 0 Å². The molecular formula is C12H15FN4S. The summed E-state index contributed by atoms with van der Waals surface area (Å²) < 4.78 is 17.8. The number of nitrogens with one attached hydrogen (secondary N) is 1. The van der Waals surface area contributed by atoms with Crippen LogP contribution < -0.4 is 11.3 Å². The first kappa shape index (κ1) is 13.1. The zero-order valence-electron chi connectivity index (χ0n) is 10.2. The van der Waals surface area contributed by atoms with E-state index in [0.29, 0.717) is 5.56 Å². The minimum atomic E-state index is -0.413. The highest BCUT2D eigenvalue weighted by Crippen LogP contribution is 2.31. The lowest BCUT2D eigenvalue weighted by atomic mass is 10.0. The lowest BCUT2D eigenvalue weighted by Gasteiger charge is -2.17. The van der Waals surface area contributed by atoms with Crippen molar-refractivity contribution in [2.75, 3.05) is 0 Å². The van der Waals surface area contributed by atoms with E-state index in [1.54, 1.807) is 18.2 Å². The Balaban J connectivity index is 2.46. The normalized spacial score (nSPS) is 12.9. The Morgan fingerprint density at radius 2 is 2.06 bits per heavy atom. The number of nitrogens with two attached hydrogens (primary N) is 1. The highest BCUT2D eigenvalue weighted by Gasteiger charge is 2.23. The van der Waals surface area contributed by atoms with Gasteiger partial charge in [-0.15, -0.1) is 5.10 Å². The topological polar surface area (TPSA) is 63.8 Å². The summed E-state index contributed by atoms with van der Waals surface area (Å²) in [5, 5.41) is 4.09. The molecule has 1 atom stereocenters. The smallest absolute Gasteiger partial charge is 0.128 e. The van der Waals surface area contributed by atoms with Crippen LogP contribution in [-0.4, -0.2) is 9.59 Å². The van der Waals surface area contributed by atoms with Crippen LogP contribution in [-0.2, 0) is 0 Å². The van der Waals surface area contributed by atoms with Crippen molar-refractivity contribution in [3.8, 4) is 0 Å². The summed E-state index contributed by atoms with van der Waals surface area (Å²) in [5.41, 5.74) is 4.01. The summed E-state index contributed by atoms with van der Waals surface area (Å²) in [7, 11) is 0. The third-order valence-electron chi connectivity index (χ3n) is 2.73. The van der Waals surface area contributed by atoms with Crippen molar-refractivity contribution in [2.24, 2.45) is 5.84 Å². The molecule has 0 aliphatic rings. The summed E-state index contributed by atoms with van der Waals surface area (Å²) in [6, 6.07) is 6.16. The monoisotopic (exact) mass is 266 g/mol. The number of aromatic nitrogens is 2. The van der Waals surface area contributed by atoms with Gasteiger partial charge in [0, 0.05) is 5.56 Å². The molecule has 6 heteroatoms. The van der Waals surface area contributed by atoms with Gasteiger partial charge in [-0.2, -0.15) is 0 Å². The first-order valence-electron chi connectivity index (χ1n) is 5.67. The van der Waals surface area contributed by atoms with E-state index in [9.17, 15) is 4.39 Å². The molecule has 0 radical (unpaired) electrons. The number of benzene rings is 1. The van der Waals surface area contributed by atoms with E-state index < -0.39 is 6.04 Å². The Morgan fingerprint density at radius 3 is 2.67 bits per heavy atom. The van der Waals surface area contributed by atoms with Gasteiger partial charge in [0.1, 0.15) is 5.82 Å². The summed E-state index contributed by atoms with van der Waals surface area (Å²) in [4.78, 5) is 0.859. The van der Waals surface area contributed by atoms with Crippen LogP contribution in [0.4, 0.5) is 4.39 Å². The van der Waals surface area contributed by atoms with Crippen LogP contribution in [0.25, 0.3) is 0 Å². The van der Waals surface area contributed by atoms with E-state index in [-0.39, 0.29) is 11.7 Å². The molecule has 0 amide bonds. The maximum atomic E-state index is 13.8. The Hall–Kier alpha value is -1.37. The molecule has 1 aromatic carbocycles. The van der Waals surface area contributed by atoms with Gasteiger partial charge in [-0.3, -0.25) is 5.84 Å². The molecule has 1 aromatic heterocycles. The van der Waals surface area contributed by atoms with Crippen LogP contribution in [0.15, 0.2) is 24.3 Å². The van der Waals surface area contributed by atoms with Crippen molar-refractivity contribution >= 4 is 11.5 Å². The van der Waals surface area contributed by atoms with E-state index in [4.69, 9.17) is 5.84 Å². The predicted molar refractivity (Wildman–Crippen MR) is 69.6 cm³/mol. The first-order chi connectivity index (χ1) is 8.65. The molecule has 3 N–H and O–H groups in total. The van der Waals surface area contributed by atoms with E-state index >= 15 is 0 Å². The molecule has 96 valence electrons. The molecule has 18 heavy (non-hydrogen) atoms. The predicted octanol–water partition coefficient (Wildman–Crippen LogP) is 2.35. The standard InChI is InChI=1S/C12H15FN4S/c1-7(2)10-12(18-17-16-10)11(15-14)8-5-3-4-6-9(8)13/h3-7,11,15H,14H2,1-2H3. The van der Waals surface area contributed by atoms with Crippen LogP contribution in [0.3, 0.4) is 0 Å². The first-order valence-corrected chi connectivity index (χ1v) is 6.45. The Morgan fingerprint density at radius 1 is 1.33 bits per heavy atom. The SMILES string of the molecule is CC(C)c1nnsc1C(NN)c1ccccc1F. The minimum absolute atomic E-state index is 0.223. The second kappa shape index (κ2) is 5.51. The van der Waals surface area contributed by atoms with Crippen LogP contribution in [0.2, 0.25) is 0 Å². The van der Waals surface area contributed by atoms with Crippen molar-refractivity contribution in [1.82, 2.24) is 15.0 Å². The third kappa shape index (κ3) is 2.40. The van der Waals surface area contributed by atoms with Crippen molar-refractivity contribution in [3.63, 3.8) is 0 Å². The minimum Gasteiger partial charge on any atom is -0.271 e. The molecule has 1 heterocycles. The molecule has 0 fully saturated rings. The van der Waals surface area contributed by atoms with Crippen molar-refractivity contribution in [2.45, 2.75) is 25.8 Å². The average molecular weight is 266 g/mol. The van der Waals surface area contributed by atoms with Gasteiger partial charge in [0.05, 0.1) is 16.6 Å². The molecule has 4 nitrogen and oxygen atoms in total. The molecule has 0 aliphatic carbocycles. The van der Waals surface area contributed by atoms with Gasteiger partial charge in [0.2, 0.25) is 0 Å². The zero-order valence-corrected chi connectivity index (χ0v) is 11.0. The second-order valence-corrected chi connectivity index (χ2v) is 5.08. The highest BCUT2D eigenvalue weighted by molar-refractivity contribution is 7.05. The number of hydrogen-bond donors (Lipinski definition) is 2. The van der Waals surface area contributed by atoms with Crippen LogP contribution in [0.5, 0.6) is 0 Å². The summed E-state index contributed by atoms with van der Waals surface area (Å²) in [6.45, 7) is 4.05. The summed E-state index contributed by atoms with van der Waals surface area (Å²) in [5.74, 6) is 5.50. The molecule has 2 rings (SSSR count). The molecule has 0 saturated carbocycles. The summed E-state index contributed by atoms with van der Waals surface area (Å²) >= 11 is 1.24. The maximum absolute atomic E-state index is 13.8. The largest absolute Gasteiger partial charge is 0.271 e. The molecular weight excluding hydrogens is 251 g/mol. The Bertz CT molecular complexity index is 526. The molecule has 0 spiro atoms. The van der Waals surface area contributed by atoms with Gasteiger partial charge in [-0.05, 0) is 23.5 Å². The van der Waals surface area contributed by atoms with Gasteiger partial charge in [-0.25, -0.2) is 9.82 Å². The van der Waals surface area contributed by atoms with Gasteiger partial charge in [-0.1, -0.05) is 36.5 Å². The molecule has 0 bridgehead atoms. The fraction of sp³-hybridized carbons (Fsp3) is 0.333. The van der Waals surface area contributed by atoms with Crippen LogP contribution in [0.1, 0.15) is 41.9 Å². The van der Waals surface area contributed by atoms with Crippen molar-refractivity contribution in [1.29, 1.82) is 0 Å². The Labute approximate surface area is 109 Å². The lowest BCUT2D eigenvalue weighted by Crippen LogP contribution is -2.29. The maximum Gasteiger partial charge on any atom is 0.128 e. The quantitative estimate of drug-likeness (QED) is 0.658. The summed E-state index contributed by atoms with van der Waals surface area (Å²) in [6.07, 6.45) is 0. The lowest BCUT2D eigenvalue weighted by molar-refractivity contribution is 0.559. The number of nitrogens with zero attached hydrogens (tertiary/aromatic N) is 2. The van der Waals surface area contributed by atoms with Crippen LogP contribution >= 0.6 is 11.5 Å². The van der Waals surface area contributed by atoms with E-state index in [0.717, 1.165) is 10.6 Å². The number of halogens is 1. The molecule has 1 unspecified atom stereocenters. The fourth-order valence-electron chi connectivity index (χ4n) is 1.82. The van der Waals surface area contributed by atoms with Gasteiger partial charge < -0.3 is 0 Å². The number of rotatable bonds is 4. The number of hydrazine groups is 1. The van der Waals surface area contributed by atoms with Crippen molar-refractivity contribution in [3.05, 3.63) is 46.2 Å². The number of hydrogen-bond acceptors (Lipinski definition) is 5.